The molecule has 0 aliphatic heterocycles. The Labute approximate surface area is 170 Å². The van der Waals surface area contributed by atoms with Crippen LogP contribution in [0.1, 0.15) is 78.6 Å². The summed E-state index contributed by atoms with van der Waals surface area (Å²) < 4.78 is 0. The monoisotopic (exact) mass is 392 g/mol. The first kappa shape index (κ1) is 20.7. The summed E-state index contributed by atoms with van der Waals surface area (Å²) in [6.45, 7) is 7.14. The van der Waals surface area contributed by atoms with Gasteiger partial charge in [-0.25, -0.2) is 0 Å². The van der Waals surface area contributed by atoms with Crippen LogP contribution in [-0.4, -0.2) is 33.5 Å². The topological polar surface area (TPSA) is 77.8 Å². The van der Waals surface area contributed by atoms with E-state index in [9.17, 15) is 15.0 Å². The molecule has 0 spiro atoms. The number of hydrogen-bond acceptors (Lipinski definition) is 3. The predicted molar refractivity (Wildman–Crippen MR) is 109 cm³/mol. The second kappa shape index (κ2) is 7.58. The molecular formula is C24H40O4. The van der Waals surface area contributed by atoms with Crippen LogP contribution in [0.2, 0.25) is 0 Å². The number of hydrogen-bond donors (Lipinski definition) is 3. The van der Waals surface area contributed by atoms with Crippen molar-refractivity contribution in [3.8, 4) is 0 Å². The Hall–Kier alpha value is -0.610. The first-order valence-corrected chi connectivity index (χ1v) is 11.8. The fraction of sp³-hybridized carbons (Fsp3) is 0.958. The molecular weight excluding hydrogens is 352 g/mol. The summed E-state index contributed by atoms with van der Waals surface area (Å²) in [5.74, 6) is 3.75. The van der Waals surface area contributed by atoms with Gasteiger partial charge in [-0.15, -0.1) is 0 Å². The normalized spacial score (nSPS) is 51.7. The van der Waals surface area contributed by atoms with Gasteiger partial charge in [0.05, 0.1) is 12.2 Å². The van der Waals surface area contributed by atoms with Crippen LogP contribution < -0.4 is 0 Å². The molecule has 4 nitrogen and oxygen atoms in total. The second-order valence-corrected chi connectivity index (χ2v) is 11.2. The molecule has 4 heteroatoms. The second-order valence-electron chi connectivity index (χ2n) is 11.2. The minimum absolute atomic E-state index is 0.179. The average molecular weight is 393 g/mol. The lowest BCUT2D eigenvalue weighted by Gasteiger charge is -2.61. The number of carboxylic acids is 1. The van der Waals surface area contributed by atoms with Crippen LogP contribution in [0.4, 0.5) is 0 Å². The smallest absolute Gasteiger partial charge is 0.303 e. The van der Waals surface area contributed by atoms with E-state index in [1.807, 2.05) is 0 Å². The maximum absolute atomic E-state index is 11.2. The molecule has 28 heavy (non-hydrogen) atoms. The van der Waals surface area contributed by atoms with Gasteiger partial charge in [0.15, 0.2) is 0 Å². The molecule has 4 aliphatic carbocycles. The Morgan fingerprint density at radius 3 is 2.57 bits per heavy atom. The van der Waals surface area contributed by atoms with E-state index in [0.717, 1.165) is 32.1 Å². The maximum atomic E-state index is 11.2. The van der Waals surface area contributed by atoms with E-state index in [0.29, 0.717) is 47.3 Å². The number of fused-ring (bicyclic) bond motifs is 5. The largest absolute Gasteiger partial charge is 0.481 e. The van der Waals surface area contributed by atoms with Crippen LogP contribution in [0.3, 0.4) is 0 Å². The molecule has 0 heterocycles. The lowest BCUT2D eigenvalue weighted by Crippen LogP contribution is -2.58. The number of carbonyl (C=O) groups is 1. The number of aliphatic hydroxyl groups excluding tert-OH is 2. The summed E-state index contributed by atoms with van der Waals surface area (Å²) in [6, 6.07) is 0. The molecule has 4 saturated carbocycles. The Morgan fingerprint density at radius 1 is 1.11 bits per heavy atom. The van der Waals surface area contributed by atoms with E-state index in [1.165, 1.54) is 19.3 Å². The van der Waals surface area contributed by atoms with Crippen molar-refractivity contribution in [2.45, 2.75) is 90.8 Å². The summed E-state index contributed by atoms with van der Waals surface area (Å²) >= 11 is 0. The predicted octanol–water partition coefficient (Wildman–Crippen LogP) is 4.33. The Bertz CT molecular complexity index is 591. The highest BCUT2D eigenvalue weighted by Crippen LogP contribution is 2.65. The third kappa shape index (κ3) is 3.33. The van der Waals surface area contributed by atoms with Gasteiger partial charge in [-0.05, 0) is 104 Å². The van der Waals surface area contributed by atoms with Crippen LogP contribution in [0.15, 0.2) is 0 Å². The minimum atomic E-state index is -0.681. The van der Waals surface area contributed by atoms with Crippen molar-refractivity contribution in [1.29, 1.82) is 0 Å². The standard InChI is InChI=1S/C24H40O4/c1-13(4-7-21(27)28)17-5-6-18-22(17)14(2)10-19-23(18)20(26)12-15-11-16(25)8-9-24(15,19)3/h13-20,22-23,25-26H,4-12H2,1-3H3,(H,27,28)/t13-,14-,15+,16-,17-,18-,19+,20+,22?,23+,24+/m1/s1. The fourth-order valence-electron chi connectivity index (χ4n) is 8.58. The van der Waals surface area contributed by atoms with Gasteiger partial charge >= 0.3 is 5.97 Å². The molecule has 3 N–H and O–H groups in total. The van der Waals surface area contributed by atoms with Gasteiger partial charge in [0.25, 0.3) is 0 Å². The number of carboxylic acid groups (broad SMARTS) is 1. The quantitative estimate of drug-likeness (QED) is 0.665. The third-order valence-corrected chi connectivity index (χ3v) is 9.93. The van der Waals surface area contributed by atoms with Gasteiger partial charge < -0.3 is 15.3 Å². The molecule has 160 valence electrons. The van der Waals surface area contributed by atoms with Gasteiger partial charge in [0.2, 0.25) is 0 Å². The zero-order valence-corrected chi connectivity index (χ0v) is 17.9. The number of aliphatic hydroxyl groups is 2. The van der Waals surface area contributed by atoms with Crippen LogP contribution in [0.5, 0.6) is 0 Å². The molecule has 0 bridgehead atoms. The van der Waals surface area contributed by atoms with E-state index in [1.54, 1.807) is 0 Å². The highest BCUT2D eigenvalue weighted by molar-refractivity contribution is 5.66. The van der Waals surface area contributed by atoms with E-state index < -0.39 is 5.97 Å². The van der Waals surface area contributed by atoms with Gasteiger partial charge in [0, 0.05) is 6.42 Å². The molecule has 4 rings (SSSR count). The van der Waals surface area contributed by atoms with Gasteiger partial charge in [-0.2, -0.15) is 0 Å². The Kier molecular flexibility index (Phi) is 5.59. The molecule has 0 aromatic heterocycles. The zero-order valence-electron chi connectivity index (χ0n) is 17.9. The van der Waals surface area contributed by atoms with Gasteiger partial charge in [-0.3, -0.25) is 4.79 Å². The van der Waals surface area contributed by atoms with Crippen molar-refractivity contribution in [3.05, 3.63) is 0 Å². The molecule has 11 atom stereocenters. The van der Waals surface area contributed by atoms with Gasteiger partial charge in [-0.1, -0.05) is 20.8 Å². The lowest BCUT2D eigenvalue weighted by molar-refractivity contribution is -0.168. The summed E-state index contributed by atoms with van der Waals surface area (Å²) in [7, 11) is 0. The van der Waals surface area contributed by atoms with Crippen LogP contribution >= 0.6 is 0 Å². The third-order valence-electron chi connectivity index (χ3n) is 9.93. The average Bonchev–Trinajstić information content (AvgIpc) is 3.07. The molecule has 0 amide bonds. The highest BCUT2D eigenvalue weighted by Gasteiger charge is 2.60. The lowest BCUT2D eigenvalue weighted by atomic mass is 9.44. The maximum Gasteiger partial charge on any atom is 0.303 e. The number of rotatable bonds is 4. The van der Waals surface area contributed by atoms with E-state index >= 15 is 0 Å². The van der Waals surface area contributed by atoms with Crippen molar-refractivity contribution in [2.75, 3.05) is 0 Å². The van der Waals surface area contributed by atoms with Crippen molar-refractivity contribution in [3.63, 3.8) is 0 Å². The molecule has 0 aromatic carbocycles. The first-order valence-electron chi connectivity index (χ1n) is 11.8. The first-order chi connectivity index (χ1) is 13.2. The van der Waals surface area contributed by atoms with Crippen LogP contribution in [0, 0.1) is 52.8 Å². The van der Waals surface area contributed by atoms with Crippen LogP contribution in [-0.2, 0) is 4.79 Å². The SMILES string of the molecule is C[C@@H]1C[C@H]2[C@H]([C@@H]3CC[C@H]([C@H](C)CCC(=O)O)C13)[C@@H](O)C[C@@H]1C[C@H](O)CC[C@@]12C. The molecule has 4 aliphatic rings. The summed E-state index contributed by atoms with van der Waals surface area (Å²) in [4.78, 5) is 11.0. The molecule has 0 aromatic rings. The molecule has 0 radical (unpaired) electrons. The minimum Gasteiger partial charge on any atom is -0.481 e. The zero-order chi connectivity index (χ0) is 20.2. The van der Waals surface area contributed by atoms with Gasteiger partial charge in [0.1, 0.15) is 0 Å². The van der Waals surface area contributed by atoms with E-state index in [2.05, 4.69) is 20.8 Å². The summed E-state index contributed by atoms with van der Waals surface area (Å²) in [5, 5.41) is 30.5. The van der Waals surface area contributed by atoms with Crippen molar-refractivity contribution in [1.82, 2.24) is 0 Å². The van der Waals surface area contributed by atoms with E-state index in [4.69, 9.17) is 5.11 Å². The summed E-state index contributed by atoms with van der Waals surface area (Å²) in [6.07, 6.45) is 8.04. The molecule has 1 unspecified atom stereocenters. The fourth-order valence-corrected chi connectivity index (χ4v) is 8.58. The molecule has 4 fully saturated rings. The van der Waals surface area contributed by atoms with E-state index in [-0.39, 0.29) is 24.0 Å². The van der Waals surface area contributed by atoms with Crippen LogP contribution in [0.25, 0.3) is 0 Å². The molecule has 0 saturated heterocycles. The van der Waals surface area contributed by atoms with Crippen molar-refractivity contribution < 1.29 is 20.1 Å². The van der Waals surface area contributed by atoms with Crippen molar-refractivity contribution >= 4 is 5.97 Å². The van der Waals surface area contributed by atoms with Crippen molar-refractivity contribution in [2.24, 2.45) is 52.8 Å². The summed E-state index contributed by atoms with van der Waals surface area (Å²) in [5.41, 5.74) is 0.273. The Balaban J connectivity index is 1.55. The Morgan fingerprint density at radius 2 is 1.86 bits per heavy atom. The highest BCUT2D eigenvalue weighted by atomic mass is 16.4. The number of aliphatic carboxylic acids is 1.